The third-order valence-electron chi connectivity index (χ3n) is 2.93. The van der Waals surface area contributed by atoms with Crippen LogP contribution in [0.25, 0.3) is 0 Å². The summed E-state index contributed by atoms with van der Waals surface area (Å²) in [6.07, 6.45) is 0. The third-order valence-corrected chi connectivity index (χ3v) is 4.94. The second-order valence-corrected chi connectivity index (χ2v) is 7.16. The van der Waals surface area contributed by atoms with Gasteiger partial charge in [-0.15, -0.1) is 23.1 Å². The van der Waals surface area contributed by atoms with Gasteiger partial charge in [-0.1, -0.05) is 31.3 Å². The van der Waals surface area contributed by atoms with Crippen molar-refractivity contribution in [2.45, 2.75) is 18.4 Å². The first-order valence-corrected chi connectivity index (χ1v) is 8.70. The lowest BCUT2D eigenvalue weighted by molar-refractivity contribution is 0.935. The molecule has 2 N–H and O–H groups in total. The lowest BCUT2D eigenvalue weighted by atomic mass is 10.1. The zero-order chi connectivity index (χ0) is 14.5. The van der Waals surface area contributed by atoms with Gasteiger partial charge in [-0.05, 0) is 29.3 Å². The molecule has 0 aliphatic carbocycles. The molecule has 1 aromatic heterocycles. The van der Waals surface area contributed by atoms with Gasteiger partial charge in [-0.2, -0.15) is 0 Å². The summed E-state index contributed by atoms with van der Waals surface area (Å²) in [5.41, 5.74) is 8.05. The van der Waals surface area contributed by atoms with Gasteiger partial charge in [0.25, 0.3) is 0 Å². The fourth-order valence-electron chi connectivity index (χ4n) is 2.08. The summed E-state index contributed by atoms with van der Waals surface area (Å²) in [5.74, 6) is 1.01. The fourth-order valence-corrected chi connectivity index (χ4v) is 3.96. The van der Waals surface area contributed by atoms with Gasteiger partial charge in [-0.3, -0.25) is 0 Å². The van der Waals surface area contributed by atoms with Crippen molar-refractivity contribution < 1.29 is 0 Å². The number of thiophene rings is 1. The van der Waals surface area contributed by atoms with Crippen molar-refractivity contribution in [1.29, 1.82) is 0 Å². The molecule has 0 aliphatic rings. The van der Waals surface area contributed by atoms with Crippen LogP contribution in [0, 0.1) is 0 Å². The van der Waals surface area contributed by atoms with E-state index in [-0.39, 0.29) is 0 Å². The molecule has 2 nitrogen and oxygen atoms in total. The largest absolute Gasteiger partial charge is 0.389 e. The van der Waals surface area contributed by atoms with E-state index in [1.807, 2.05) is 0 Å². The van der Waals surface area contributed by atoms with Crippen LogP contribution >= 0.6 is 35.3 Å². The van der Waals surface area contributed by atoms with Crippen LogP contribution in [-0.2, 0) is 6.54 Å². The number of hydrogen-bond acceptors (Lipinski definition) is 4. The van der Waals surface area contributed by atoms with E-state index in [9.17, 15) is 0 Å². The minimum atomic E-state index is 0.467. The molecule has 0 bridgehead atoms. The first kappa shape index (κ1) is 15.4. The maximum Gasteiger partial charge on any atom is 0.107 e. The van der Waals surface area contributed by atoms with Crippen molar-refractivity contribution in [1.82, 2.24) is 0 Å². The zero-order valence-electron chi connectivity index (χ0n) is 11.6. The number of hydrogen-bond donors (Lipinski definition) is 1. The van der Waals surface area contributed by atoms with Gasteiger partial charge in [0.15, 0.2) is 0 Å². The summed E-state index contributed by atoms with van der Waals surface area (Å²) in [6, 6.07) is 10.5. The Morgan fingerprint density at radius 2 is 2.15 bits per heavy atom. The molecule has 0 amide bonds. The Balaban J connectivity index is 2.34. The Kier molecular flexibility index (Phi) is 5.46. The number of thioether (sulfide) groups is 1. The summed E-state index contributed by atoms with van der Waals surface area (Å²) in [7, 11) is 2.08. The molecule has 0 unspecified atom stereocenters. The summed E-state index contributed by atoms with van der Waals surface area (Å²) in [6.45, 7) is 3.00. The molecular formula is C15H18N2S3. The minimum absolute atomic E-state index is 0.467. The van der Waals surface area contributed by atoms with Crippen molar-refractivity contribution >= 4 is 46.0 Å². The van der Waals surface area contributed by atoms with Crippen LogP contribution in [0.1, 0.15) is 17.4 Å². The number of nitrogens with two attached hydrogens (primary N) is 1. The number of benzene rings is 1. The Labute approximate surface area is 134 Å². The van der Waals surface area contributed by atoms with E-state index in [0.29, 0.717) is 4.99 Å². The smallest absolute Gasteiger partial charge is 0.107 e. The molecule has 0 fully saturated rings. The predicted octanol–water partition coefficient (Wildman–Crippen LogP) is 4.13. The van der Waals surface area contributed by atoms with Gasteiger partial charge in [0.05, 0.1) is 6.54 Å². The Morgan fingerprint density at radius 1 is 1.35 bits per heavy atom. The van der Waals surface area contributed by atoms with E-state index >= 15 is 0 Å². The maximum atomic E-state index is 5.95. The molecule has 0 aliphatic heterocycles. The van der Waals surface area contributed by atoms with E-state index in [1.54, 1.807) is 23.1 Å². The van der Waals surface area contributed by atoms with E-state index in [0.717, 1.165) is 28.4 Å². The lowest BCUT2D eigenvalue weighted by Gasteiger charge is -2.23. The van der Waals surface area contributed by atoms with Crippen LogP contribution in [0.2, 0.25) is 0 Å². The highest BCUT2D eigenvalue weighted by atomic mass is 32.2. The van der Waals surface area contributed by atoms with Crippen LogP contribution in [0.15, 0.2) is 40.6 Å². The van der Waals surface area contributed by atoms with E-state index < -0.39 is 0 Å². The fraction of sp³-hybridized carbons (Fsp3) is 0.267. The highest BCUT2D eigenvalue weighted by Crippen LogP contribution is 2.31. The molecule has 106 valence electrons. The molecule has 1 heterocycles. The Hall–Kier alpha value is -1.04. The van der Waals surface area contributed by atoms with E-state index in [4.69, 9.17) is 18.0 Å². The molecule has 0 radical (unpaired) electrons. The van der Waals surface area contributed by atoms with Crippen molar-refractivity contribution in [3.05, 3.63) is 46.2 Å². The summed E-state index contributed by atoms with van der Waals surface area (Å²) in [4.78, 5) is 5.17. The summed E-state index contributed by atoms with van der Waals surface area (Å²) >= 11 is 8.80. The highest BCUT2D eigenvalue weighted by Gasteiger charge is 2.14. The van der Waals surface area contributed by atoms with Crippen molar-refractivity contribution in [3.63, 3.8) is 0 Å². The molecule has 0 spiro atoms. The first-order chi connectivity index (χ1) is 9.63. The van der Waals surface area contributed by atoms with Crippen LogP contribution in [-0.4, -0.2) is 17.8 Å². The van der Waals surface area contributed by atoms with Gasteiger partial charge >= 0.3 is 0 Å². The van der Waals surface area contributed by atoms with Gasteiger partial charge < -0.3 is 10.6 Å². The van der Waals surface area contributed by atoms with E-state index in [2.05, 4.69) is 54.6 Å². The molecule has 0 atom stereocenters. The van der Waals surface area contributed by atoms with Crippen LogP contribution in [0.3, 0.4) is 0 Å². The SMILES string of the molecule is CCSc1cccc(N(C)Cc2cccs2)c1C(N)=S. The lowest BCUT2D eigenvalue weighted by Crippen LogP contribution is -2.21. The highest BCUT2D eigenvalue weighted by molar-refractivity contribution is 7.99. The summed E-state index contributed by atoms with van der Waals surface area (Å²) < 4.78 is 0. The van der Waals surface area contributed by atoms with Crippen LogP contribution in [0.5, 0.6) is 0 Å². The van der Waals surface area contributed by atoms with Gasteiger partial charge in [-0.25, -0.2) is 0 Å². The third kappa shape index (κ3) is 3.53. The number of rotatable bonds is 6. The number of nitrogens with zero attached hydrogens (tertiary/aromatic N) is 1. The summed E-state index contributed by atoms with van der Waals surface area (Å²) in [5, 5.41) is 2.10. The molecule has 2 rings (SSSR count). The second kappa shape index (κ2) is 7.11. The Bertz CT molecular complexity index is 579. The molecule has 1 aromatic carbocycles. The molecule has 0 saturated heterocycles. The topological polar surface area (TPSA) is 29.3 Å². The van der Waals surface area contributed by atoms with Crippen LogP contribution < -0.4 is 10.6 Å². The molecule has 20 heavy (non-hydrogen) atoms. The van der Waals surface area contributed by atoms with Crippen LogP contribution in [0.4, 0.5) is 5.69 Å². The average molecular weight is 323 g/mol. The van der Waals surface area contributed by atoms with Gasteiger partial charge in [0.1, 0.15) is 4.99 Å². The zero-order valence-corrected chi connectivity index (χ0v) is 14.1. The molecule has 0 saturated carbocycles. The Morgan fingerprint density at radius 3 is 2.75 bits per heavy atom. The molecular weight excluding hydrogens is 304 g/mol. The second-order valence-electron chi connectivity index (χ2n) is 4.38. The normalized spacial score (nSPS) is 10.5. The minimum Gasteiger partial charge on any atom is -0.389 e. The quantitative estimate of drug-likeness (QED) is 0.639. The van der Waals surface area contributed by atoms with Crippen molar-refractivity contribution in [3.8, 4) is 0 Å². The average Bonchev–Trinajstić information content (AvgIpc) is 2.91. The molecule has 5 heteroatoms. The van der Waals surface area contributed by atoms with Gasteiger partial charge in [0, 0.05) is 28.1 Å². The standard InChI is InChI=1S/C15H18N2S3/c1-3-19-13-8-4-7-12(14(13)15(16)18)17(2)10-11-6-5-9-20-11/h4-9H,3,10H2,1-2H3,(H2,16,18). The number of anilines is 1. The van der Waals surface area contributed by atoms with E-state index in [1.165, 1.54) is 4.88 Å². The van der Waals surface area contributed by atoms with Gasteiger partial charge in [0.2, 0.25) is 0 Å². The first-order valence-electron chi connectivity index (χ1n) is 6.42. The monoisotopic (exact) mass is 322 g/mol. The molecule has 2 aromatic rings. The van der Waals surface area contributed by atoms with Crippen molar-refractivity contribution in [2.24, 2.45) is 5.73 Å². The van der Waals surface area contributed by atoms with Crippen molar-refractivity contribution in [2.75, 3.05) is 17.7 Å². The number of thiocarbonyl (C=S) groups is 1. The maximum absolute atomic E-state index is 5.95. The predicted molar refractivity (Wildman–Crippen MR) is 95.2 cm³/mol.